The van der Waals surface area contributed by atoms with Crippen LogP contribution in [0.4, 0.5) is 24.7 Å². The Morgan fingerprint density at radius 2 is 1.72 bits per heavy atom. The van der Waals surface area contributed by atoms with E-state index in [2.05, 4.69) is 15.2 Å². The number of nitrogens with zero attached hydrogens (tertiary/aromatic N) is 7. The van der Waals surface area contributed by atoms with E-state index < -0.39 is 28.1 Å². The van der Waals surface area contributed by atoms with E-state index >= 15 is 0 Å². The summed E-state index contributed by atoms with van der Waals surface area (Å²) < 4.78 is 68.6. The molecule has 1 saturated heterocycles. The Morgan fingerprint density at radius 1 is 1.03 bits per heavy atom. The van der Waals surface area contributed by atoms with Crippen LogP contribution in [0.25, 0.3) is 5.82 Å². The van der Waals surface area contributed by atoms with Crippen LogP contribution < -0.4 is 9.80 Å². The molecule has 4 heterocycles. The van der Waals surface area contributed by atoms with Crippen molar-refractivity contribution < 1.29 is 26.4 Å². The van der Waals surface area contributed by atoms with E-state index in [1.807, 2.05) is 11.0 Å². The highest BCUT2D eigenvalue weighted by Gasteiger charge is 2.47. The van der Waals surface area contributed by atoms with Crippen LogP contribution in [0.15, 0.2) is 53.9 Å². The lowest BCUT2D eigenvalue weighted by molar-refractivity contribution is -0.170. The summed E-state index contributed by atoms with van der Waals surface area (Å²) >= 11 is 0. The summed E-state index contributed by atoms with van der Waals surface area (Å²) in [6.07, 6.45) is 0.124. The standard InChI is InChI=1S/C22H22F3N7O3S/c1-15-12-16-13-17(2-3-18(16)32(15)21(33)22(23,24)25)36(34,35)31-10-8-29(9-11-31)19-4-5-20(28-27-19)30-7-6-26-14-30/h2-7,13-15H,8-12H2,1H3. The number of hydrogen-bond donors (Lipinski definition) is 0. The molecule has 10 nitrogen and oxygen atoms in total. The number of imidazole rings is 1. The zero-order chi connectivity index (χ0) is 25.7. The maximum Gasteiger partial charge on any atom is 0.471 e. The van der Waals surface area contributed by atoms with E-state index in [4.69, 9.17) is 0 Å². The first-order chi connectivity index (χ1) is 17.1. The molecule has 1 atom stereocenters. The van der Waals surface area contributed by atoms with E-state index in [9.17, 15) is 26.4 Å². The van der Waals surface area contributed by atoms with Crippen LogP contribution in [0.5, 0.6) is 0 Å². The molecule has 2 aliphatic rings. The lowest BCUT2D eigenvalue weighted by atomic mass is 10.1. The summed E-state index contributed by atoms with van der Waals surface area (Å²) in [7, 11) is -3.87. The van der Waals surface area contributed by atoms with Crippen molar-refractivity contribution in [1.29, 1.82) is 0 Å². The monoisotopic (exact) mass is 521 g/mol. The molecule has 2 aromatic heterocycles. The SMILES string of the molecule is CC1Cc2cc(S(=O)(=O)N3CCN(c4ccc(-n5ccnc5)nn4)CC3)ccc2N1C(=O)C(F)(F)F. The number of hydrogen-bond acceptors (Lipinski definition) is 7. The first-order valence-corrected chi connectivity index (χ1v) is 12.6. The Labute approximate surface area is 205 Å². The lowest BCUT2D eigenvalue weighted by Gasteiger charge is -2.34. The van der Waals surface area contributed by atoms with Gasteiger partial charge in [-0.15, -0.1) is 10.2 Å². The van der Waals surface area contributed by atoms with Crippen molar-refractivity contribution in [3.05, 3.63) is 54.6 Å². The molecular weight excluding hydrogens is 499 g/mol. The Bertz CT molecular complexity index is 1370. The lowest BCUT2D eigenvalue weighted by Crippen LogP contribution is -2.49. The minimum absolute atomic E-state index is 0.00677. The number of aromatic nitrogens is 4. The van der Waals surface area contributed by atoms with Gasteiger partial charge in [0.25, 0.3) is 0 Å². The highest BCUT2D eigenvalue weighted by molar-refractivity contribution is 7.89. The molecule has 1 amide bonds. The van der Waals surface area contributed by atoms with Crippen molar-refractivity contribution in [1.82, 2.24) is 24.1 Å². The number of carbonyl (C=O) groups is 1. The van der Waals surface area contributed by atoms with Crippen LogP contribution in [-0.4, -0.2) is 76.8 Å². The first-order valence-electron chi connectivity index (χ1n) is 11.2. The molecule has 190 valence electrons. The third-order valence-corrected chi connectivity index (χ3v) is 8.23. The molecule has 2 aliphatic heterocycles. The second-order valence-electron chi connectivity index (χ2n) is 8.63. The maximum absolute atomic E-state index is 13.3. The van der Waals surface area contributed by atoms with Gasteiger partial charge in [-0.05, 0) is 49.2 Å². The van der Waals surface area contributed by atoms with Gasteiger partial charge in [0.1, 0.15) is 6.33 Å². The van der Waals surface area contributed by atoms with E-state index in [1.165, 1.54) is 29.4 Å². The van der Waals surface area contributed by atoms with Crippen LogP contribution in [0.2, 0.25) is 0 Å². The van der Waals surface area contributed by atoms with Crippen molar-refractivity contribution in [2.75, 3.05) is 36.0 Å². The second kappa shape index (κ2) is 8.85. The normalized spacial score (nSPS) is 18.9. The van der Waals surface area contributed by atoms with Gasteiger partial charge in [-0.1, -0.05) is 0 Å². The number of fused-ring (bicyclic) bond motifs is 1. The summed E-state index contributed by atoms with van der Waals surface area (Å²) in [4.78, 5) is 18.4. The molecular formula is C22H22F3N7O3S. The Balaban J connectivity index is 1.28. The summed E-state index contributed by atoms with van der Waals surface area (Å²) in [5, 5.41) is 8.42. The van der Waals surface area contributed by atoms with Crippen molar-refractivity contribution in [2.45, 2.75) is 30.5 Å². The number of piperazine rings is 1. The maximum atomic E-state index is 13.3. The molecule has 3 aromatic rings. The molecule has 0 N–H and O–H groups in total. The summed E-state index contributed by atoms with van der Waals surface area (Å²) in [5.74, 6) is -0.725. The van der Waals surface area contributed by atoms with Crippen LogP contribution in [-0.2, 0) is 21.2 Å². The zero-order valence-corrected chi connectivity index (χ0v) is 19.9. The zero-order valence-electron chi connectivity index (χ0n) is 19.1. The molecule has 14 heteroatoms. The molecule has 0 aliphatic carbocycles. The van der Waals surface area contributed by atoms with Crippen LogP contribution in [0.3, 0.4) is 0 Å². The predicted molar refractivity (Wildman–Crippen MR) is 123 cm³/mol. The van der Waals surface area contributed by atoms with Gasteiger partial charge in [0.05, 0.1) is 4.90 Å². The van der Waals surface area contributed by atoms with Crippen molar-refractivity contribution >= 4 is 27.4 Å². The fourth-order valence-electron chi connectivity index (χ4n) is 4.54. The average molecular weight is 522 g/mol. The van der Waals surface area contributed by atoms with Crippen LogP contribution >= 0.6 is 0 Å². The number of rotatable bonds is 4. The van der Waals surface area contributed by atoms with Gasteiger partial charge in [-0.25, -0.2) is 13.4 Å². The Kier molecular flexibility index (Phi) is 5.95. The second-order valence-corrected chi connectivity index (χ2v) is 10.6. The fraction of sp³-hybridized carbons (Fsp3) is 0.364. The number of carbonyl (C=O) groups excluding carboxylic acids is 1. The van der Waals surface area contributed by atoms with Crippen molar-refractivity contribution in [3.8, 4) is 5.82 Å². The van der Waals surface area contributed by atoms with Crippen LogP contribution in [0.1, 0.15) is 12.5 Å². The van der Waals surface area contributed by atoms with Gasteiger partial charge in [0, 0.05) is 50.3 Å². The van der Waals surface area contributed by atoms with E-state index in [0.29, 0.717) is 35.2 Å². The van der Waals surface area contributed by atoms with Crippen LogP contribution in [0, 0.1) is 0 Å². The molecule has 0 saturated carbocycles. The number of halogens is 3. The number of benzene rings is 1. The molecule has 0 spiro atoms. The summed E-state index contributed by atoms with van der Waals surface area (Å²) in [6.45, 7) is 2.71. The van der Waals surface area contributed by atoms with Gasteiger partial charge in [-0.2, -0.15) is 17.5 Å². The highest BCUT2D eigenvalue weighted by atomic mass is 32.2. The van der Waals surface area contributed by atoms with Crippen molar-refractivity contribution in [3.63, 3.8) is 0 Å². The smallest absolute Gasteiger partial charge is 0.352 e. The minimum Gasteiger partial charge on any atom is -0.352 e. The quantitative estimate of drug-likeness (QED) is 0.517. The van der Waals surface area contributed by atoms with Gasteiger partial charge in [0.2, 0.25) is 10.0 Å². The first kappa shape index (κ1) is 24.2. The van der Waals surface area contributed by atoms with E-state index in [1.54, 1.807) is 29.4 Å². The molecule has 5 rings (SSSR count). The Morgan fingerprint density at radius 3 is 2.33 bits per heavy atom. The topological polar surface area (TPSA) is 105 Å². The van der Waals surface area contributed by atoms with E-state index in [-0.39, 0.29) is 30.1 Å². The van der Waals surface area contributed by atoms with Crippen molar-refractivity contribution in [2.24, 2.45) is 0 Å². The van der Waals surface area contributed by atoms with Gasteiger partial charge in [0.15, 0.2) is 11.6 Å². The number of amides is 1. The average Bonchev–Trinajstić information content (AvgIpc) is 3.50. The fourth-order valence-corrected chi connectivity index (χ4v) is 6.01. The Hall–Kier alpha value is -3.52. The molecule has 1 aromatic carbocycles. The van der Waals surface area contributed by atoms with Gasteiger partial charge in [-0.3, -0.25) is 9.36 Å². The molecule has 1 unspecified atom stereocenters. The van der Waals surface area contributed by atoms with E-state index in [0.717, 1.165) is 0 Å². The number of anilines is 2. The largest absolute Gasteiger partial charge is 0.471 e. The van der Waals surface area contributed by atoms with Gasteiger partial charge < -0.3 is 9.80 Å². The third-order valence-electron chi connectivity index (χ3n) is 6.33. The molecule has 36 heavy (non-hydrogen) atoms. The minimum atomic E-state index is -5.01. The highest BCUT2D eigenvalue weighted by Crippen LogP contribution is 2.37. The predicted octanol–water partition coefficient (Wildman–Crippen LogP) is 2.01. The number of sulfonamides is 1. The summed E-state index contributed by atoms with van der Waals surface area (Å²) in [5.41, 5.74) is 0.486. The molecule has 1 fully saturated rings. The number of alkyl halides is 3. The molecule has 0 radical (unpaired) electrons. The summed E-state index contributed by atoms with van der Waals surface area (Å²) in [6, 6.07) is 6.79. The molecule has 0 bridgehead atoms. The van der Waals surface area contributed by atoms with Gasteiger partial charge >= 0.3 is 12.1 Å². The third kappa shape index (κ3) is 4.30.